The summed E-state index contributed by atoms with van der Waals surface area (Å²) in [7, 11) is 1.95. The van der Waals surface area contributed by atoms with Gasteiger partial charge in [0.05, 0.1) is 13.2 Å². The van der Waals surface area contributed by atoms with Crippen LogP contribution in [-0.4, -0.2) is 44.0 Å². The molecule has 0 amide bonds. The Morgan fingerprint density at radius 2 is 2.16 bits per heavy atom. The van der Waals surface area contributed by atoms with Crippen molar-refractivity contribution in [1.82, 2.24) is 4.90 Å². The van der Waals surface area contributed by atoms with E-state index in [1.165, 1.54) is 12.8 Å². The highest BCUT2D eigenvalue weighted by molar-refractivity contribution is 9.10. The van der Waals surface area contributed by atoms with E-state index in [1.54, 1.807) is 0 Å². The molecule has 0 bridgehead atoms. The van der Waals surface area contributed by atoms with Crippen molar-refractivity contribution in [2.45, 2.75) is 12.8 Å². The van der Waals surface area contributed by atoms with Crippen molar-refractivity contribution in [3.8, 4) is 0 Å². The molecule has 0 spiro atoms. The molecule has 1 aromatic rings. The molecular formula is C15H20BrNO2. The van der Waals surface area contributed by atoms with E-state index in [0.29, 0.717) is 13.2 Å². The summed E-state index contributed by atoms with van der Waals surface area (Å²) in [5, 5.41) is 0. The molecule has 1 aromatic carbocycles. The third-order valence-electron chi connectivity index (χ3n) is 3.26. The Morgan fingerprint density at radius 3 is 2.84 bits per heavy atom. The molecule has 0 unspecified atom stereocenters. The Bertz CT molecular complexity index is 432. The fourth-order valence-electron chi connectivity index (χ4n) is 1.85. The first-order valence-electron chi connectivity index (χ1n) is 6.71. The summed E-state index contributed by atoms with van der Waals surface area (Å²) in [6.07, 6.45) is 2.63. The van der Waals surface area contributed by atoms with Gasteiger partial charge in [0, 0.05) is 23.2 Å². The van der Waals surface area contributed by atoms with Gasteiger partial charge in [-0.1, -0.05) is 34.1 Å². The van der Waals surface area contributed by atoms with Crippen molar-refractivity contribution < 1.29 is 9.53 Å². The van der Waals surface area contributed by atoms with Crippen molar-refractivity contribution in [2.75, 3.05) is 33.4 Å². The summed E-state index contributed by atoms with van der Waals surface area (Å²) in [5.41, 5.74) is 0.744. The zero-order valence-electron chi connectivity index (χ0n) is 11.3. The van der Waals surface area contributed by atoms with E-state index in [2.05, 4.69) is 15.9 Å². The number of nitrogens with zero attached hydrogens (tertiary/aromatic N) is 1. The minimum absolute atomic E-state index is 0.136. The molecule has 0 heterocycles. The third kappa shape index (κ3) is 5.05. The van der Waals surface area contributed by atoms with Gasteiger partial charge in [-0.25, -0.2) is 0 Å². The highest BCUT2D eigenvalue weighted by Crippen LogP contribution is 2.28. The van der Waals surface area contributed by atoms with Crippen LogP contribution in [0.2, 0.25) is 0 Å². The smallest absolute Gasteiger partial charge is 0.177 e. The molecule has 104 valence electrons. The molecule has 19 heavy (non-hydrogen) atoms. The normalized spacial score (nSPS) is 14.9. The lowest BCUT2D eigenvalue weighted by Crippen LogP contribution is -2.29. The second-order valence-corrected chi connectivity index (χ2v) is 6.01. The Labute approximate surface area is 123 Å². The van der Waals surface area contributed by atoms with Crippen LogP contribution in [0.1, 0.15) is 23.2 Å². The van der Waals surface area contributed by atoms with Gasteiger partial charge in [0.15, 0.2) is 5.78 Å². The number of hydrogen-bond donors (Lipinski definition) is 0. The summed E-state index contributed by atoms with van der Waals surface area (Å²) >= 11 is 3.41. The van der Waals surface area contributed by atoms with Crippen LogP contribution >= 0.6 is 15.9 Å². The van der Waals surface area contributed by atoms with Crippen molar-refractivity contribution in [3.63, 3.8) is 0 Å². The number of likely N-dealkylation sites (N-methyl/N-ethyl adjacent to an activating group) is 1. The highest BCUT2D eigenvalue weighted by Gasteiger charge is 2.21. The zero-order chi connectivity index (χ0) is 13.7. The maximum atomic E-state index is 12.1. The summed E-state index contributed by atoms with van der Waals surface area (Å²) in [6, 6.07) is 7.54. The number of ketones is 1. The fourth-order valence-corrected chi connectivity index (χ4v) is 2.36. The Hall–Kier alpha value is -0.710. The number of carbonyl (C=O) groups excluding carboxylic acids is 1. The number of carbonyl (C=O) groups is 1. The molecule has 1 saturated carbocycles. The molecule has 1 fully saturated rings. The maximum absolute atomic E-state index is 12.1. The van der Waals surface area contributed by atoms with Gasteiger partial charge in [-0.3, -0.25) is 9.69 Å². The van der Waals surface area contributed by atoms with Crippen LogP contribution in [0.4, 0.5) is 0 Å². The van der Waals surface area contributed by atoms with E-state index in [9.17, 15) is 4.79 Å². The van der Waals surface area contributed by atoms with Gasteiger partial charge in [0.1, 0.15) is 0 Å². The molecule has 0 aromatic heterocycles. The van der Waals surface area contributed by atoms with Crippen molar-refractivity contribution in [2.24, 2.45) is 5.92 Å². The van der Waals surface area contributed by atoms with Crippen LogP contribution in [0.15, 0.2) is 28.7 Å². The number of Topliss-reactive ketones (excluding diaryl/α,β-unsaturated/α-hetero) is 1. The first kappa shape index (κ1) is 14.7. The fraction of sp³-hybridized carbons (Fsp3) is 0.533. The summed E-state index contributed by atoms with van der Waals surface area (Å²) in [5.74, 6) is 0.935. The second kappa shape index (κ2) is 7.17. The maximum Gasteiger partial charge on any atom is 0.177 e. The molecule has 1 aliphatic rings. The van der Waals surface area contributed by atoms with Gasteiger partial charge in [0.25, 0.3) is 0 Å². The number of ether oxygens (including phenoxy) is 1. The van der Waals surface area contributed by atoms with Crippen LogP contribution in [0.25, 0.3) is 0 Å². The van der Waals surface area contributed by atoms with Crippen LogP contribution in [0.5, 0.6) is 0 Å². The van der Waals surface area contributed by atoms with Gasteiger partial charge in [-0.2, -0.15) is 0 Å². The van der Waals surface area contributed by atoms with Gasteiger partial charge >= 0.3 is 0 Å². The van der Waals surface area contributed by atoms with E-state index < -0.39 is 0 Å². The summed E-state index contributed by atoms with van der Waals surface area (Å²) in [6.45, 7) is 2.81. The lowest BCUT2D eigenvalue weighted by Gasteiger charge is -2.16. The summed E-state index contributed by atoms with van der Waals surface area (Å²) in [4.78, 5) is 14.1. The molecule has 0 N–H and O–H groups in total. The van der Waals surface area contributed by atoms with Crippen molar-refractivity contribution >= 4 is 21.7 Å². The van der Waals surface area contributed by atoms with E-state index in [0.717, 1.165) is 29.1 Å². The second-order valence-electron chi connectivity index (χ2n) is 5.16. The average molecular weight is 326 g/mol. The number of halogens is 1. The highest BCUT2D eigenvalue weighted by atomic mass is 79.9. The standard InChI is InChI=1S/C15H20BrNO2/c1-17(8-9-19-11-12-6-7-12)10-15(18)13-4-2-3-5-14(13)16/h2-5,12H,6-11H2,1H3. The Kier molecular flexibility index (Phi) is 5.55. The van der Waals surface area contributed by atoms with Crippen LogP contribution in [0.3, 0.4) is 0 Å². The van der Waals surface area contributed by atoms with Crippen molar-refractivity contribution in [1.29, 1.82) is 0 Å². The quantitative estimate of drug-likeness (QED) is 0.543. The van der Waals surface area contributed by atoms with Gasteiger partial charge in [0.2, 0.25) is 0 Å². The largest absolute Gasteiger partial charge is 0.380 e. The molecule has 4 heteroatoms. The Morgan fingerprint density at radius 1 is 1.42 bits per heavy atom. The molecule has 0 atom stereocenters. The Balaban J connectivity index is 1.70. The third-order valence-corrected chi connectivity index (χ3v) is 3.95. The first-order valence-corrected chi connectivity index (χ1v) is 7.50. The first-order chi connectivity index (χ1) is 9.16. The minimum atomic E-state index is 0.136. The lowest BCUT2D eigenvalue weighted by molar-refractivity contribution is 0.0860. The molecule has 3 nitrogen and oxygen atoms in total. The summed E-state index contributed by atoms with van der Waals surface area (Å²) < 4.78 is 6.44. The van der Waals surface area contributed by atoms with Gasteiger partial charge in [-0.15, -0.1) is 0 Å². The number of hydrogen-bond acceptors (Lipinski definition) is 3. The van der Waals surface area contributed by atoms with E-state index in [4.69, 9.17) is 4.74 Å². The molecule has 0 saturated heterocycles. The topological polar surface area (TPSA) is 29.5 Å². The molecule has 1 aliphatic carbocycles. The van der Waals surface area contributed by atoms with Crippen LogP contribution < -0.4 is 0 Å². The van der Waals surface area contributed by atoms with Gasteiger partial charge in [-0.05, 0) is 31.9 Å². The van der Waals surface area contributed by atoms with E-state index >= 15 is 0 Å². The van der Waals surface area contributed by atoms with Crippen LogP contribution in [-0.2, 0) is 4.74 Å². The zero-order valence-corrected chi connectivity index (χ0v) is 12.9. The SMILES string of the molecule is CN(CCOCC1CC1)CC(=O)c1ccccc1Br. The van der Waals surface area contributed by atoms with E-state index in [-0.39, 0.29) is 5.78 Å². The predicted molar refractivity (Wildman–Crippen MR) is 79.5 cm³/mol. The average Bonchev–Trinajstić information content (AvgIpc) is 3.19. The van der Waals surface area contributed by atoms with Gasteiger partial charge < -0.3 is 4.74 Å². The lowest BCUT2D eigenvalue weighted by atomic mass is 10.1. The van der Waals surface area contributed by atoms with E-state index in [1.807, 2.05) is 36.2 Å². The monoisotopic (exact) mass is 325 g/mol. The molecule has 0 aliphatic heterocycles. The molecule has 2 rings (SSSR count). The number of benzene rings is 1. The van der Waals surface area contributed by atoms with Crippen LogP contribution in [0, 0.1) is 5.92 Å². The minimum Gasteiger partial charge on any atom is -0.380 e. The predicted octanol–water partition coefficient (Wildman–Crippen LogP) is 2.99. The molecule has 0 radical (unpaired) electrons. The number of rotatable bonds is 8. The van der Waals surface area contributed by atoms with Crippen molar-refractivity contribution in [3.05, 3.63) is 34.3 Å². The molecular weight excluding hydrogens is 306 g/mol.